The van der Waals surface area contributed by atoms with E-state index in [1.807, 2.05) is 18.2 Å². The zero-order valence-corrected chi connectivity index (χ0v) is 32.9. The molecule has 0 spiro atoms. The van der Waals surface area contributed by atoms with E-state index in [1.54, 1.807) is 0 Å². The molecule has 0 saturated carbocycles. The van der Waals surface area contributed by atoms with E-state index in [0.717, 1.165) is 49.5 Å². The van der Waals surface area contributed by atoms with E-state index in [9.17, 15) is 13.0 Å². The molecule has 0 N–H and O–H groups in total. The van der Waals surface area contributed by atoms with E-state index in [4.69, 9.17) is 0 Å². The quantitative estimate of drug-likeness (QED) is 0.0523. The van der Waals surface area contributed by atoms with Crippen molar-refractivity contribution in [1.82, 2.24) is 0 Å². The van der Waals surface area contributed by atoms with Gasteiger partial charge in [0, 0.05) is 0 Å². The van der Waals surface area contributed by atoms with E-state index >= 15 is 0 Å². The summed E-state index contributed by atoms with van der Waals surface area (Å²) in [4.78, 5) is 0.0882. The summed E-state index contributed by atoms with van der Waals surface area (Å²) < 4.78 is 38.8. The van der Waals surface area contributed by atoms with E-state index < -0.39 is 10.1 Å². The zero-order chi connectivity index (χ0) is 31.9. The number of aryl methyl sites for hydroxylation is 1. The zero-order valence-electron chi connectivity index (χ0n) is 30.0. The van der Waals surface area contributed by atoms with Crippen LogP contribution in [-0.2, 0) is 29.4 Å². The molecular weight excluding hydrogens is 583 g/mol. The Morgan fingerprint density at radius 3 is 1.13 bits per heavy atom. The van der Waals surface area contributed by atoms with Crippen molar-refractivity contribution in [3.8, 4) is 0 Å². The second-order valence-corrected chi connectivity index (χ2v) is 14.8. The third-order valence-corrected chi connectivity index (χ3v) is 10.6. The van der Waals surface area contributed by atoms with Gasteiger partial charge in [0.25, 0.3) is 0 Å². The summed E-state index contributed by atoms with van der Waals surface area (Å²) in [5.41, 5.74) is 3.40. The maximum absolute atomic E-state index is 12.9. The van der Waals surface area contributed by atoms with Crippen LogP contribution in [0.3, 0.4) is 0 Å². The van der Waals surface area contributed by atoms with Crippen molar-refractivity contribution in [3.63, 3.8) is 0 Å². The Balaban J connectivity index is 0.0000101. The van der Waals surface area contributed by atoms with Gasteiger partial charge < -0.3 is 4.55 Å². The fraction of sp³-hybridized carbons (Fsp3) is 0.750. The van der Waals surface area contributed by atoms with Crippen molar-refractivity contribution >= 4 is 20.9 Å². The van der Waals surface area contributed by atoms with Gasteiger partial charge in [-0.05, 0) is 66.0 Å². The maximum atomic E-state index is 12.9. The molecule has 2 aromatic carbocycles. The summed E-state index contributed by atoms with van der Waals surface area (Å²) in [6.07, 6.45) is 32.5. The van der Waals surface area contributed by atoms with Crippen LogP contribution in [0.1, 0.15) is 192 Å². The fourth-order valence-corrected chi connectivity index (χ4v) is 8.01. The third kappa shape index (κ3) is 17.0. The molecular formula is C40H67NaO3S. The number of benzene rings is 2. The van der Waals surface area contributed by atoms with Gasteiger partial charge in [0.2, 0.25) is 0 Å². The van der Waals surface area contributed by atoms with Gasteiger partial charge in [-0.15, -0.1) is 0 Å². The first kappa shape index (κ1) is 42.6. The van der Waals surface area contributed by atoms with Gasteiger partial charge in [-0.25, -0.2) is 8.42 Å². The van der Waals surface area contributed by atoms with Gasteiger partial charge in [0.05, 0.1) is 4.90 Å². The summed E-state index contributed by atoms with van der Waals surface area (Å²) in [5.74, 6) is 0. The SMILES string of the molecule is CCCCCCCCCCc1c(CCCCCCCCCC)c(S(=O)(=O)[O-])c2ccccc2c1CCCCCCCCCC.[Na+]. The van der Waals surface area contributed by atoms with Crippen molar-refractivity contribution in [2.75, 3.05) is 0 Å². The van der Waals surface area contributed by atoms with Gasteiger partial charge in [-0.3, -0.25) is 0 Å². The van der Waals surface area contributed by atoms with Crippen LogP contribution in [0.5, 0.6) is 0 Å². The predicted molar refractivity (Wildman–Crippen MR) is 191 cm³/mol. The predicted octanol–water partition coefficient (Wildman–Crippen LogP) is 9.80. The van der Waals surface area contributed by atoms with E-state index in [2.05, 4.69) is 26.8 Å². The van der Waals surface area contributed by atoms with E-state index in [-0.39, 0.29) is 34.5 Å². The molecule has 252 valence electrons. The monoisotopic (exact) mass is 650 g/mol. The molecule has 45 heavy (non-hydrogen) atoms. The van der Waals surface area contributed by atoms with Crippen molar-refractivity contribution in [2.45, 2.75) is 199 Å². The first-order valence-corrected chi connectivity index (χ1v) is 20.4. The van der Waals surface area contributed by atoms with Crippen molar-refractivity contribution in [2.24, 2.45) is 0 Å². The number of rotatable bonds is 28. The van der Waals surface area contributed by atoms with E-state index in [0.29, 0.717) is 11.8 Å². The first-order valence-electron chi connectivity index (χ1n) is 19.0. The number of hydrogen-bond acceptors (Lipinski definition) is 3. The van der Waals surface area contributed by atoms with Crippen LogP contribution in [0.2, 0.25) is 0 Å². The fourth-order valence-electron chi connectivity index (χ4n) is 7.03. The van der Waals surface area contributed by atoms with Crippen LogP contribution in [0.15, 0.2) is 29.2 Å². The topological polar surface area (TPSA) is 57.2 Å². The summed E-state index contributed by atoms with van der Waals surface area (Å²) in [5, 5.41) is 1.66. The summed E-state index contributed by atoms with van der Waals surface area (Å²) in [6.45, 7) is 6.78. The molecule has 2 rings (SSSR count). The molecule has 0 atom stereocenters. The molecule has 0 fully saturated rings. The molecule has 0 unspecified atom stereocenters. The number of fused-ring (bicyclic) bond motifs is 1. The Hall–Kier alpha value is -0.390. The minimum absolute atomic E-state index is 0. The third-order valence-electron chi connectivity index (χ3n) is 9.59. The average Bonchev–Trinajstić information content (AvgIpc) is 3.00. The molecule has 0 heterocycles. The molecule has 0 saturated heterocycles. The summed E-state index contributed by atoms with van der Waals surface area (Å²) in [6, 6.07) is 7.87. The Kier molecular flexibility index (Phi) is 25.2. The normalized spacial score (nSPS) is 11.7. The molecule has 5 heteroatoms. The van der Waals surface area contributed by atoms with Gasteiger partial charge in [-0.1, -0.05) is 180 Å². The van der Waals surface area contributed by atoms with Crippen molar-refractivity contribution in [1.29, 1.82) is 0 Å². The van der Waals surface area contributed by atoms with Crippen LogP contribution in [0.25, 0.3) is 10.8 Å². The summed E-state index contributed by atoms with van der Waals surface area (Å²) in [7, 11) is -4.60. The molecule has 0 aromatic heterocycles. The number of hydrogen-bond donors (Lipinski definition) is 0. The van der Waals surface area contributed by atoms with Crippen LogP contribution in [0.4, 0.5) is 0 Å². The second kappa shape index (κ2) is 26.6. The second-order valence-electron chi connectivity index (χ2n) is 13.4. The Morgan fingerprint density at radius 1 is 0.444 bits per heavy atom. The van der Waals surface area contributed by atoms with Crippen LogP contribution >= 0.6 is 0 Å². The van der Waals surface area contributed by atoms with Gasteiger partial charge in [-0.2, -0.15) is 0 Å². The smallest absolute Gasteiger partial charge is 0.744 e. The van der Waals surface area contributed by atoms with Crippen LogP contribution in [-0.4, -0.2) is 13.0 Å². The minimum Gasteiger partial charge on any atom is -0.744 e. The molecule has 0 aliphatic carbocycles. The maximum Gasteiger partial charge on any atom is 1.00 e. The molecule has 0 aliphatic rings. The average molecular weight is 651 g/mol. The standard InChI is InChI=1S/C40H68O3S.Na/c1-4-7-10-13-16-19-22-25-30-35-36(31-26-23-20-17-14-11-8-5-2)38(33-27-24-21-18-15-12-9-6-3)40(44(41,42)43)39-34-29-28-32-37(35)39;/h28-29,32,34H,4-27,30-31,33H2,1-3H3,(H,41,42,43);/q;+1/p-1. The largest absolute Gasteiger partial charge is 1.00 e. The molecule has 2 aromatic rings. The molecule has 0 bridgehead atoms. The number of unbranched alkanes of at least 4 members (excludes halogenated alkanes) is 21. The van der Waals surface area contributed by atoms with Crippen molar-refractivity contribution in [3.05, 3.63) is 41.0 Å². The Morgan fingerprint density at radius 2 is 0.756 bits per heavy atom. The van der Waals surface area contributed by atoms with Gasteiger partial charge in [0.15, 0.2) is 0 Å². The molecule has 0 aliphatic heterocycles. The summed E-state index contributed by atoms with van der Waals surface area (Å²) >= 11 is 0. The van der Waals surface area contributed by atoms with Gasteiger partial charge >= 0.3 is 29.6 Å². The van der Waals surface area contributed by atoms with Crippen LogP contribution < -0.4 is 29.6 Å². The van der Waals surface area contributed by atoms with Gasteiger partial charge in [0.1, 0.15) is 10.1 Å². The molecule has 3 nitrogen and oxygen atoms in total. The van der Waals surface area contributed by atoms with Crippen molar-refractivity contribution < 1.29 is 42.5 Å². The molecule has 0 radical (unpaired) electrons. The Labute approximate surface area is 301 Å². The first-order chi connectivity index (χ1) is 21.5. The van der Waals surface area contributed by atoms with Crippen LogP contribution in [0, 0.1) is 0 Å². The molecule has 0 amide bonds. The minimum atomic E-state index is -4.60. The van der Waals surface area contributed by atoms with E-state index in [1.165, 1.54) is 140 Å². The Bertz CT molecular complexity index is 1130.